The molecule has 2 aliphatic rings. The molecule has 0 aromatic heterocycles. The highest BCUT2D eigenvalue weighted by atomic mass is 19.3. The van der Waals surface area contributed by atoms with E-state index in [1.54, 1.807) is 6.07 Å². The van der Waals surface area contributed by atoms with Crippen molar-refractivity contribution in [1.29, 1.82) is 0 Å². The van der Waals surface area contributed by atoms with Gasteiger partial charge < -0.3 is 28.4 Å². The molecule has 6 nitrogen and oxygen atoms in total. The van der Waals surface area contributed by atoms with Crippen LogP contribution in [-0.4, -0.2) is 38.6 Å². The Labute approximate surface area is 202 Å². The summed E-state index contributed by atoms with van der Waals surface area (Å²) < 4.78 is 60.3. The molecule has 2 saturated heterocycles. The summed E-state index contributed by atoms with van der Waals surface area (Å²) >= 11 is 0. The van der Waals surface area contributed by atoms with Crippen LogP contribution in [0.1, 0.15) is 23.1 Å². The van der Waals surface area contributed by atoms with E-state index in [9.17, 15) is 8.78 Å². The van der Waals surface area contributed by atoms with Gasteiger partial charge in [-0.1, -0.05) is 24.3 Å². The van der Waals surface area contributed by atoms with Crippen LogP contribution < -0.4 is 18.9 Å². The molecule has 0 radical (unpaired) electrons. The molecule has 0 aliphatic carbocycles. The first kappa shape index (κ1) is 23.4. The molecule has 0 spiro atoms. The molecule has 3 aromatic carbocycles. The van der Waals surface area contributed by atoms with E-state index < -0.39 is 6.43 Å². The van der Waals surface area contributed by atoms with Gasteiger partial charge in [0.1, 0.15) is 61.6 Å². The molecular weight excluding hydrogens is 458 g/mol. The summed E-state index contributed by atoms with van der Waals surface area (Å²) in [6.07, 6.45) is -2.31. The predicted molar refractivity (Wildman–Crippen MR) is 123 cm³/mol. The van der Waals surface area contributed by atoms with E-state index in [1.165, 1.54) is 12.1 Å². The van der Waals surface area contributed by atoms with Gasteiger partial charge in [-0.05, 0) is 53.6 Å². The number of benzene rings is 3. The van der Waals surface area contributed by atoms with E-state index in [1.807, 2.05) is 48.5 Å². The van der Waals surface area contributed by atoms with Crippen molar-refractivity contribution < 1.29 is 37.2 Å². The van der Waals surface area contributed by atoms with Gasteiger partial charge in [0.05, 0.1) is 18.8 Å². The topological polar surface area (TPSA) is 62.0 Å². The van der Waals surface area contributed by atoms with Crippen molar-refractivity contribution in [2.75, 3.05) is 26.4 Å². The van der Waals surface area contributed by atoms with E-state index in [2.05, 4.69) is 0 Å². The van der Waals surface area contributed by atoms with Crippen LogP contribution in [0, 0.1) is 0 Å². The van der Waals surface area contributed by atoms with E-state index in [4.69, 9.17) is 28.4 Å². The van der Waals surface area contributed by atoms with Gasteiger partial charge in [-0.25, -0.2) is 8.78 Å². The average Bonchev–Trinajstić information content (AvgIpc) is 3.81. The van der Waals surface area contributed by atoms with E-state index >= 15 is 0 Å². The van der Waals surface area contributed by atoms with Gasteiger partial charge in [0.2, 0.25) is 0 Å². The van der Waals surface area contributed by atoms with Crippen molar-refractivity contribution in [3.63, 3.8) is 0 Å². The zero-order chi connectivity index (χ0) is 24.0. The van der Waals surface area contributed by atoms with Crippen LogP contribution in [0.3, 0.4) is 0 Å². The molecule has 3 aromatic rings. The highest BCUT2D eigenvalue weighted by Gasteiger charge is 2.23. The van der Waals surface area contributed by atoms with Crippen molar-refractivity contribution in [3.8, 4) is 23.0 Å². The van der Waals surface area contributed by atoms with Crippen LogP contribution in [-0.2, 0) is 22.7 Å². The van der Waals surface area contributed by atoms with Gasteiger partial charge in [0, 0.05) is 0 Å². The van der Waals surface area contributed by atoms with Gasteiger partial charge in [0.15, 0.2) is 0 Å². The zero-order valence-electron chi connectivity index (χ0n) is 19.0. The third kappa shape index (κ3) is 7.07. The first-order chi connectivity index (χ1) is 17.1. The van der Waals surface area contributed by atoms with Crippen molar-refractivity contribution >= 4 is 0 Å². The molecule has 5 rings (SSSR count). The Balaban J connectivity index is 1.13. The Morgan fingerprint density at radius 2 is 1.14 bits per heavy atom. The molecule has 8 heteroatoms. The summed E-state index contributed by atoms with van der Waals surface area (Å²) in [6, 6.07) is 19.3. The summed E-state index contributed by atoms with van der Waals surface area (Å²) in [6.45, 7) is 2.95. The number of halogens is 2. The van der Waals surface area contributed by atoms with E-state index in [0.29, 0.717) is 19.0 Å². The second-order valence-corrected chi connectivity index (χ2v) is 8.40. The number of alkyl halides is 2. The maximum absolute atomic E-state index is 13.7. The number of rotatable bonds is 13. The van der Waals surface area contributed by atoms with Crippen molar-refractivity contribution in [2.24, 2.45) is 0 Å². The lowest BCUT2D eigenvalue weighted by Crippen LogP contribution is -2.04. The molecule has 184 valence electrons. The molecule has 35 heavy (non-hydrogen) atoms. The lowest BCUT2D eigenvalue weighted by molar-refractivity contribution is 0.143. The third-order valence-corrected chi connectivity index (χ3v) is 5.54. The molecule has 0 amide bonds. The van der Waals surface area contributed by atoms with Crippen LogP contribution in [0.25, 0.3) is 0 Å². The fraction of sp³-hybridized carbons (Fsp3) is 0.333. The normalized spacial score (nSPS) is 18.3. The summed E-state index contributed by atoms with van der Waals surface area (Å²) in [7, 11) is 0. The standard InChI is InChI=1S/C27H26F2O6/c28-27(29)25-11-22(30-12-18-1-5-20(6-2-18)31-14-23-16-33-23)9-10-26(25)35-13-19-3-7-21(8-4-19)32-15-24-17-34-24/h1-11,23-24,27H,12-17H2. The van der Waals surface area contributed by atoms with E-state index in [-0.39, 0.29) is 36.7 Å². The largest absolute Gasteiger partial charge is 0.491 e. The van der Waals surface area contributed by atoms with Crippen LogP contribution in [0.2, 0.25) is 0 Å². The number of ether oxygens (including phenoxy) is 6. The molecule has 2 heterocycles. The molecule has 2 atom stereocenters. The molecule has 0 N–H and O–H groups in total. The minimum atomic E-state index is -2.69. The van der Waals surface area contributed by atoms with E-state index in [0.717, 1.165) is 35.8 Å². The third-order valence-electron chi connectivity index (χ3n) is 5.54. The van der Waals surface area contributed by atoms with Gasteiger partial charge in [-0.3, -0.25) is 0 Å². The number of hydrogen-bond donors (Lipinski definition) is 0. The Kier molecular flexibility index (Phi) is 7.30. The molecule has 0 saturated carbocycles. The number of hydrogen-bond acceptors (Lipinski definition) is 6. The quantitative estimate of drug-likeness (QED) is 0.305. The monoisotopic (exact) mass is 484 g/mol. The lowest BCUT2D eigenvalue weighted by atomic mass is 10.2. The molecule has 2 aliphatic heterocycles. The second kappa shape index (κ2) is 10.9. The number of epoxide rings is 2. The van der Waals surface area contributed by atoms with Crippen molar-refractivity contribution in [3.05, 3.63) is 83.4 Å². The fourth-order valence-corrected chi connectivity index (χ4v) is 3.32. The summed E-state index contributed by atoms with van der Waals surface area (Å²) in [5.41, 5.74) is 1.53. The Morgan fingerprint density at radius 3 is 1.63 bits per heavy atom. The minimum Gasteiger partial charge on any atom is -0.491 e. The maximum Gasteiger partial charge on any atom is 0.267 e. The first-order valence-corrected chi connectivity index (χ1v) is 11.5. The van der Waals surface area contributed by atoms with Gasteiger partial charge in [-0.15, -0.1) is 0 Å². The smallest absolute Gasteiger partial charge is 0.267 e. The van der Waals surface area contributed by atoms with Gasteiger partial charge in [0.25, 0.3) is 6.43 Å². The molecule has 0 bridgehead atoms. The fourth-order valence-electron chi connectivity index (χ4n) is 3.32. The van der Waals surface area contributed by atoms with Crippen LogP contribution in [0.4, 0.5) is 8.78 Å². The predicted octanol–water partition coefficient (Wildman–Crippen LogP) is 5.34. The molecule has 2 unspecified atom stereocenters. The first-order valence-electron chi connectivity index (χ1n) is 11.5. The van der Waals surface area contributed by atoms with Crippen LogP contribution in [0.5, 0.6) is 23.0 Å². The van der Waals surface area contributed by atoms with Crippen molar-refractivity contribution in [2.45, 2.75) is 31.8 Å². The molecular formula is C27H26F2O6. The van der Waals surface area contributed by atoms with Crippen LogP contribution in [0.15, 0.2) is 66.7 Å². The Bertz CT molecular complexity index is 1100. The summed E-state index contributed by atoms with van der Waals surface area (Å²) in [4.78, 5) is 0. The molecule has 2 fully saturated rings. The summed E-state index contributed by atoms with van der Waals surface area (Å²) in [5.74, 6) is 1.95. The average molecular weight is 484 g/mol. The second-order valence-electron chi connectivity index (χ2n) is 8.40. The SMILES string of the molecule is FC(F)c1cc(OCc2ccc(OCC3CO3)cc2)ccc1OCc1ccc(OCC2CO2)cc1. The summed E-state index contributed by atoms with van der Waals surface area (Å²) in [5, 5.41) is 0. The Hall–Kier alpha value is -3.36. The van der Waals surface area contributed by atoms with Gasteiger partial charge in [-0.2, -0.15) is 0 Å². The van der Waals surface area contributed by atoms with Crippen LogP contribution >= 0.6 is 0 Å². The highest BCUT2D eigenvalue weighted by Crippen LogP contribution is 2.33. The minimum absolute atomic E-state index is 0.125. The maximum atomic E-state index is 13.7. The Morgan fingerprint density at radius 1 is 0.657 bits per heavy atom. The van der Waals surface area contributed by atoms with Crippen molar-refractivity contribution in [1.82, 2.24) is 0 Å². The lowest BCUT2D eigenvalue weighted by Gasteiger charge is -2.14. The highest BCUT2D eigenvalue weighted by molar-refractivity contribution is 5.41. The zero-order valence-corrected chi connectivity index (χ0v) is 19.0. The van der Waals surface area contributed by atoms with Gasteiger partial charge >= 0.3 is 0 Å².